The van der Waals surface area contributed by atoms with Crippen LogP contribution in [0.25, 0.3) is 10.9 Å². The molecular weight excluding hydrogens is 264 g/mol. The van der Waals surface area contributed by atoms with E-state index < -0.39 is 6.04 Å². The predicted molar refractivity (Wildman–Crippen MR) is 79.8 cm³/mol. The average molecular weight is 280 g/mol. The number of carbonyl (C=O) groups excluding carboxylic acids is 1. The van der Waals surface area contributed by atoms with Gasteiger partial charge in [0, 0.05) is 30.7 Å². The molecule has 1 aliphatic rings. The van der Waals surface area contributed by atoms with Crippen molar-refractivity contribution in [3.63, 3.8) is 0 Å². The molecule has 1 unspecified atom stereocenters. The second kappa shape index (κ2) is 5.51. The zero-order valence-electron chi connectivity index (χ0n) is 11.8. The fraction of sp³-hybridized carbons (Fsp3) is 0.312. The first-order valence-corrected chi connectivity index (χ1v) is 6.98. The zero-order chi connectivity index (χ0) is 14.8. The van der Waals surface area contributed by atoms with Gasteiger partial charge < -0.3 is 10.2 Å². The number of aryl methyl sites for hydroxylation is 1. The third-order valence-electron chi connectivity index (χ3n) is 3.73. The molecule has 1 aromatic heterocycles. The lowest BCUT2D eigenvalue weighted by atomic mass is 10.0. The van der Waals surface area contributed by atoms with Crippen molar-refractivity contribution in [2.45, 2.75) is 13.0 Å². The number of hydrogen-bond acceptors (Lipinski definition) is 4. The van der Waals surface area contributed by atoms with Crippen LogP contribution in [-0.2, 0) is 0 Å². The van der Waals surface area contributed by atoms with E-state index in [0.29, 0.717) is 25.2 Å². The number of aromatic nitrogens is 1. The van der Waals surface area contributed by atoms with E-state index in [1.807, 2.05) is 31.2 Å². The van der Waals surface area contributed by atoms with Crippen LogP contribution in [0.2, 0.25) is 0 Å². The Morgan fingerprint density at radius 2 is 2.29 bits per heavy atom. The molecule has 106 valence electrons. The van der Waals surface area contributed by atoms with Crippen molar-refractivity contribution in [3.8, 4) is 6.07 Å². The standard InChI is InChI=1S/C16H16N4O/c1-11-8-14(13-4-2-3-5-15(13)19-11)16(21)20-7-6-18-10-12(20)9-17/h2-5,8,12,18H,6-7,10H2,1H3. The van der Waals surface area contributed by atoms with E-state index in [1.54, 1.807) is 11.0 Å². The van der Waals surface area contributed by atoms with E-state index in [9.17, 15) is 10.1 Å². The molecule has 1 saturated heterocycles. The van der Waals surface area contributed by atoms with Gasteiger partial charge in [-0.05, 0) is 19.1 Å². The molecule has 5 nitrogen and oxygen atoms in total. The molecule has 2 aromatic rings. The van der Waals surface area contributed by atoms with Crippen LogP contribution in [0.4, 0.5) is 0 Å². The quantitative estimate of drug-likeness (QED) is 0.859. The maximum atomic E-state index is 12.9. The summed E-state index contributed by atoms with van der Waals surface area (Å²) >= 11 is 0. The molecule has 0 radical (unpaired) electrons. The minimum Gasteiger partial charge on any atom is -0.320 e. The molecule has 0 saturated carbocycles. The fourth-order valence-electron chi connectivity index (χ4n) is 2.70. The zero-order valence-corrected chi connectivity index (χ0v) is 11.8. The van der Waals surface area contributed by atoms with E-state index in [4.69, 9.17) is 0 Å². The summed E-state index contributed by atoms with van der Waals surface area (Å²) < 4.78 is 0. The lowest BCUT2D eigenvalue weighted by Gasteiger charge is -2.32. The highest BCUT2D eigenvalue weighted by molar-refractivity contribution is 6.06. The number of fused-ring (bicyclic) bond motifs is 1. The first-order chi connectivity index (χ1) is 10.2. The molecule has 1 aliphatic heterocycles. The SMILES string of the molecule is Cc1cc(C(=O)N2CCNCC2C#N)c2ccccc2n1. The Morgan fingerprint density at radius 3 is 3.10 bits per heavy atom. The molecule has 1 aromatic carbocycles. The van der Waals surface area contributed by atoms with Crippen molar-refractivity contribution in [1.29, 1.82) is 5.26 Å². The molecule has 1 amide bonds. The number of benzene rings is 1. The van der Waals surface area contributed by atoms with E-state index >= 15 is 0 Å². The summed E-state index contributed by atoms with van der Waals surface area (Å²) in [5.41, 5.74) is 2.24. The Morgan fingerprint density at radius 1 is 1.48 bits per heavy atom. The second-order valence-electron chi connectivity index (χ2n) is 5.18. The number of carbonyl (C=O) groups is 1. The Balaban J connectivity index is 2.07. The largest absolute Gasteiger partial charge is 0.320 e. The number of amides is 1. The van der Waals surface area contributed by atoms with Crippen molar-refractivity contribution >= 4 is 16.8 Å². The van der Waals surface area contributed by atoms with Gasteiger partial charge in [-0.25, -0.2) is 0 Å². The number of rotatable bonds is 1. The van der Waals surface area contributed by atoms with Crippen LogP contribution in [0.5, 0.6) is 0 Å². The van der Waals surface area contributed by atoms with Crippen LogP contribution in [0.1, 0.15) is 16.1 Å². The maximum absolute atomic E-state index is 12.9. The minimum absolute atomic E-state index is 0.0928. The highest BCUT2D eigenvalue weighted by Crippen LogP contribution is 2.21. The molecule has 1 atom stereocenters. The van der Waals surface area contributed by atoms with Crippen LogP contribution in [0.15, 0.2) is 30.3 Å². The lowest BCUT2D eigenvalue weighted by Crippen LogP contribution is -2.53. The summed E-state index contributed by atoms with van der Waals surface area (Å²) in [4.78, 5) is 19.0. The first kappa shape index (κ1) is 13.5. The van der Waals surface area contributed by atoms with Gasteiger partial charge in [0.15, 0.2) is 0 Å². The topological polar surface area (TPSA) is 69.0 Å². The molecule has 1 N–H and O–H groups in total. The third-order valence-corrected chi connectivity index (χ3v) is 3.73. The van der Waals surface area contributed by atoms with Gasteiger partial charge in [-0.2, -0.15) is 5.26 Å². The minimum atomic E-state index is -0.418. The predicted octanol–water partition coefficient (Wildman–Crippen LogP) is 1.48. The van der Waals surface area contributed by atoms with Crippen molar-refractivity contribution in [1.82, 2.24) is 15.2 Å². The van der Waals surface area contributed by atoms with Crippen LogP contribution >= 0.6 is 0 Å². The van der Waals surface area contributed by atoms with Crippen molar-refractivity contribution in [2.24, 2.45) is 0 Å². The van der Waals surface area contributed by atoms with Crippen LogP contribution < -0.4 is 5.32 Å². The summed E-state index contributed by atoms with van der Waals surface area (Å²) in [6, 6.07) is 11.2. The summed E-state index contributed by atoms with van der Waals surface area (Å²) in [6.07, 6.45) is 0. The number of nitrogens with one attached hydrogen (secondary N) is 1. The Kier molecular flexibility index (Phi) is 3.55. The third kappa shape index (κ3) is 2.46. The van der Waals surface area contributed by atoms with Gasteiger partial charge in [-0.15, -0.1) is 0 Å². The number of nitriles is 1. The lowest BCUT2D eigenvalue weighted by molar-refractivity contribution is 0.0689. The fourth-order valence-corrected chi connectivity index (χ4v) is 2.70. The van der Waals surface area contributed by atoms with E-state index in [0.717, 1.165) is 16.6 Å². The molecule has 3 rings (SSSR count). The van der Waals surface area contributed by atoms with Crippen LogP contribution in [-0.4, -0.2) is 41.5 Å². The number of pyridine rings is 1. The molecule has 2 heterocycles. The molecule has 0 bridgehead atoms. The second-order valence-corrected chi connectivity index (χ2v) is 5.18. The highest BCUT2D eigenvalue weighted by atomic mass is 16.2. The first-order valence-electron chi connectivity index (χ1n) is 6.98. The normalized spacial score (nSPS) is 18.5. The van der Waals surface area contributed by atoms with E-state index in [2.05, 4.69) is 16.4 Å². The molecule has 0 spiro atoms. The van der Waals surface area contributed by atoms with Gasteiger partial charge in [-0.1, -0.05) is 18.2 Å². The summed E-state index contributed by atoms with van der Waals surface area (Å²) in [5, 5.41) is 13.2. The smallest absolute Gasteiger partial charge is 0.255 e. The monoisotopic (exact) mass is 280 g/mol. The Hall–Kier alpha value is -2.45. The molecule has 1 fully saturated rings. The Labute approximate surface area is 123 Å². The number of hydrogen-bond donors (Lipinski definition) is 1. The van der Waals surface area contributed by atoms with Gasteiger partial charge in [0.25, 0.3) is 5.91 Å². The molecule has 0 aliphatic carbocycles. The summed E-state index contributed by atoms with van der Waals surface area (Å²) in [5.74, 6) is -0.0928. The average Bonchev–Trinajstić information content (AvgIpc) is 2.53. The highest BCUT2D eigenvalue weighted by Gasteiger charge is 2.28. The summed E-state index contributed by atoms with van der Waals surface area (Å²) in [6.45, 7) is 3.66. The summed E-state index contributed by atoms with van der Waals surface area (Å²) in [7, 11) is 0. The van der Waals surface area contributed by atoms with Crippen molar-refractivity contribution in [2.75, 3.05) is 19.6 Å². The Bertz CT molecular complexity index is 735. The number of piperazine rings is 1. The van der Waals surface area contributed by atoms with Gasteiger partial charge in [0.1, 0.15) is 6.04 Å². The molecular formula is C16H16N4O. The van der Waals surface area contributed by atoms with E-state index in [1.165, 1.54) is 0 Å². The van der Waals surface area contributed by atoms with Gasteiger partial charge >= 0.3 is 0 Å². The number of nitrogens with zero attached hydrogens (tertiary/aromatic N) is 3. The van der Waals surface area contributed by atoms with E-state index in [-0.39, 0.29) is 5.91 Å². The van der Waals surface area contributed by atoms with Crippen LogP contribution in [0, 0.1) is 18.3 Å². The maximum Gasteiger partial charge on any atom is 0.255 e. The van der Waals surface area contributed by atoms with Crippen molar-refractivity contribution in [3.05, 3.63) is 41.6 Å². The molecule has 5 heteroatoms. The van der Waals surface area contributed by atoms with Crippen LogP contribution in [0.3, 0.4) is 0 Å². The van der Waals surface area contributed by atoms with Crippen molar-refractivity contribution < 1.29 is 4.79 Å². The van der Waals surface area contributed by atoms with Gasteiger partial charge in [0.05, 0.1) is 17.1 Å². The number of para-hydroxylation sites is 1. The molecule has 21 heavy (non-hydrogen) atoms. The van der Waals surface area contributed by atoms with Gasteiger partial charge in [-0.3, -0.25) is 9.78 Å². The van der Waals surface area contributed by atoms with Gasteiger partial charge in [0.2, 0.25) is 0 Å².